The molecule has 0 aliphatic rings. The quantitative estimate of drug-likeness (QED) is 0.155. The number of hydrogen-bond acceptors (Lipinski definition) is 12. The molecule has 0 aliphatic heterocycles. The van der Waals surface area contributed by atoms with Crippen molar-refractivity contribution in [2.75, 3.05) is 49.3 Å². The zero-order chi connectivity index (χ0) is 43.0. The number of aromatic nitrogens is 2. The standard InChI is InChI=1S/C19H20FN3O5S.C19H18FN3O5S/c2*1-10(24)13-9-14-15(18(25)21-2)16(11-5-7-12(20)8-6-11)28-19(14)22-17(13)23(3)29(4,26)27/h5-10,24H,1-4H3,(H,21,25);5-9H,1-4H3,(H,21,25). The highest BCUT2D eigenvalue weighted by Crippen LogP contribution is 2.38. The van der Waals surface area contributed by atoms with E-state index in [2.05, 4.69) is 20.6 Å². The van der Waals surface area contributed by atoms with Crippen LogP contribution in [0.4, 0.5) is 20.4 Å². The highest BCUT2D eigenvalue weighted by molar-refractivity contribution is 7.92. The van der Waals surface area contributed by atoms with Gasteiger partial charge < -0.3 is 24.6 Å². The minimum absolute atomic E-state index is 0.0119. The van der Waals surface area contributed by atoms with E-state index in [1.54, 1.807) is 0 Å². The van der Waals surface area contributed by atoms with Crippen LogP contribution in [0.15, 0.2) is 69.5 Å². The van der Waals surface area contributed by atoms with E-state index in [1.165, 1.54) is 103 Å². The molecule has 6 aromatic rings. The summed E-state index contributed by atoms with van der Waals surface area (Å²) in [5, 5.41) is 15.7. The first-order valence-corrected chi connectivity index (χ1v) is 20.8. The zero-order valence-corrected chi connectivity index (χ0v) is 34.0. The van der Waals surface area contributed by atoms with E-state index in [4.69, 9.17) is 8.83 Å². The Morgan fingerprint density at radius 2 is 1.09 bits per heavy atom. The van der Waals surface area contributed by atoms with E-state index in [-0.39, 0.29) is 62.2 Å². The van der Waals surface area contributed by atoms with Crippen LogP contribution in [0.2, 0.25) is 0 Å². The molecule has 3 N–H and O–H groups in total. The summed E-state index contributed by atoms with van der Waals surface area (Å²) in [6, 6.07) is 13.5. The van der Waals surface area contributed by atoms with Gasteiger partial charge in [0.05, 0.1) is 46.1 Å². The summed E-state index contributed by atoms with van der Waals surface area (Å²) in [5.74, 6) is -2.15. The van der Waals surface area contributed by atoms with Gasteiger partial charge >= 0.3 is 0 Å². The second-order valence-electron chi connectivity index (χ2n) is 12.9. The van der Waals surface area contributed by atoms with Gasteiger partial charge in [-0.25, -0.2) is 25.6 Å². The Bertz CT molecular complexity index is 2800. The number of carbonyl (C=O) groups excluding carboxylic acids is 3. The molecule has 0 radical (unpaired) electrons. The van der Waals surface area contributed by atoms with E-state index >= 15 is 0 Å². The number of carbonyl (C=O) groups is 3. The van der Waals surface area contributed by atoms with Crippen LogP contribution in [0, 0.1) is 11.6 Å². The molecule has 16 nitrogen and oxygen atoms in total. The van der Waals surface area contributed by atoms with E-state index < -0.39 is 55.4 Å². The summed E-state index contributed by atoms with van der Waals surface area (Å²) >= 11 is 0. The predicted octanol–water partition coefficient (Wildman–Crippen LogP) is 5.03. The van der Waals surface area contributed by atoms with Crippen LogP contribution in [-0.2, 0) is 20.0 Å². The third-order valence-corrected chi connectivity index (χ3v) is 11.2. The van der Waals surface area contributed by atoms with Gasteiger partial charge in [-0.05, 0) is 74.5 Å². The van der Waals surface area contributed by atoms with Crippen LogP contribution in [-0.4, -0.2) is 90.2 Å². The van der Waals surface area contributed by atoms with Crippen molar-refractivity contribution in [3.05, 3.63) is 94.6 Å². The largest absolute Gasteiger partial charge is 0.437 e. The molecule has 306 valence electrons. The number of sulfonamides is 2. The summed E-state index contributed by atoms with van der Waals surface area (Å²) in [6.07, 6.45) is 0.921. The molecule has 2 aromatic carbocycles. The highest BCUT2D eigenvalue weighted by atomic mass is 32.2. The molecule has 20 heteroatoms. The number of nitrogens with zero attached hydrogens (tertiary/aromatic N) is 4. The lowest BCUT2D eigenvalue weighted by Gasteiger charge is -2.20. The Morgan fingerprint density at radius 3 is 1.45 bits per heavy atom. The number of nitrogens with one attached hydrogen (secondary N) is 2. The monoisotopic (exact) mass is 840 g/mol. The molecular weight excluding hydrogens is 803 g/mol. The van der Waals surface area contributed by atoms with E-state index in [9.17, 15) is 45.1 Å². The molecule has 0 saturated carbocycles. The number of ketones is 1. The van der Waals surface area contributed by atoms with Gasteiger partial charge in [-0.15, -0.1) is 0 Å². The molecule has 58 heavy (non-hydrogen) atoms. The summed E-state index contributed by atoms with van der Waals surface area (Å²) in [4.78, 5) is 45.8. The maximum absolute atomic E-state index is 13.3. The number of benzene rings is 2. The minimum atomic E-state index is -3.71. The number of Topliss-reactive ketones (excluding diaryl/α,β-unsaturated/α-hetero) is 1. The van der Waals surface area contributed by atoms with Crippen LogP contribution in [0.25, 0.3) is 44.8 Å². The first-order valence-electron chi connectivity index (χ1n) is 17.1. The number of amides is 2. The van der Waals surface area contributed by atoms with Crippen LogP contribution >= 0.6 is 0 Å². The van der Waals surface area contributed by atoms with Crippen LogP contribution < -0.4 is 19.2 Å². The SMILES string of the molecule is CNC(=O)c1c(-c2ccc(F)cc2)oc2nc(N(C)S(C)(=O)=O)c(C(C)=O)cc12.CNC(=O)c1c(-c2ccc(F)cc2)oc2nc(N(C)S(C)(=O)=O)c(C(C)O)cc12. The van der Waals surface area contributed by atoms with Gasteiger partial charge in [0.15, 0.2) is 17.4 Å². The van der Waals surface area contributed by atoms with E-state index in [1.807, 2.05) is 0 Å². The molecule has 1 unspecified atom stereocenters. The first-order chi connectivity index (χ1) is 27.1. The molecule has 4 heterocycles. The molecule has 6 rings (SSSR count). The molecule has 0 saturated heterocycles. The fraction of sp³-hybridized carbons (Fsp3) is 0.237. The Hall–Kier alpha value is -6.25. The number of rotatable bonds is 10. The number of hydrogen-bond donors (Lipinski definition) is 3. The molecule has 0 bridgehead atoms. The van der Waals surface area contributed by atoms with Crippen LogP contribution in [0.1, 0.15) is 56.6 Å². The van der Waals surface area contributed by atoms with Crippen molar-refractivity contribution in [3.8, 4) is 22.6 Å². The van der Waals surface area contributed by atoms with Gasteiger partial charge in [0, 0.05) is 44.9 Å². The number of pyridine rings is 2. The van der Waals surface area contributed by atoms with Gasteiger partial charge in [-0.2, -0.15) is 9.97 Å². The highest BCUT2D eigenvalue weighted by Gasteiger charge is 2.29. The maximum atomic E-state index is 13.3. The number of anilines is 2. The van der Waals surface area contributed by atoms with Crippen molar-refractivity contribution in [3.63, 3.8) is 0 Å². The third kappa shape index (κ3) is 8.53. The Labute approximate surface area is 331 Å². The average molecular weight is 841 g/mol. The Morgan fingerprint density at radius 1 is 0.707 bits per heavy atom. The molecule has 1 atom stereocenters. The number of aliphatic hydroxyl groups is 1. The number of furan rings is 2. The van der Waals surface area contributed by atoms with Crippen molar-refractivity contribution in [2.24, 2.45) is 0 Å². The lowest BCUT2D eigenvalue weighted by atomic mass is 10.0. The number of fused-ring (bicyclic) bond motifs is 2. The summed E-state index contributed by atoms with van der Waals surface area (Å²) in [7, 11) is -1.92. The predicted molar refractivity (Wildman–Crippen MR) is 213 cm³/mol. The van der Waals surface area contributed by atoms with Crippen molar-refractivity contribution in [1.29, 1.82) is 0 Å². The third-order valence-electron chi connectivity index (χ3n) is 8.90. The topological polar surface area (TPSA) is 222 Å². The average Bonchev–Trinajstić information content (AvgIpc) is 3.74. The van der Waals surface area contributed by atoms with Crippen molar-refractivity contribution in [1.82, 2.24) is 20.6 Å². The van der Waals surface area contributed by atoms with Crippen molar-refractivity contribution < 1.29 is 53.9 Å². The molecule has 0 aliphatic carbocycles. The molecule has 0 fully saturated rings. The summed E-state index contributed by atoms with van der Waals surface area (Å²) in [5.41, 5.74) is 1.33. The summed E-state index contributed by atoms with van der Waals surface area (Å²) < 4.78 is 87.9. The van der Waals surface area contributed by atoms with Crippen LogP contribution in [0.5, 0.6) is 0 Å². The van der Waals surface area contributed by atoms with Crippen molar-refractivity contribution >= 4 is 71.5 Å². The second kappa shape index (κ2) is 16.3. The normalized spacial score (nSPS) is 12.1. The number of halogens is 2. The van der Waals surface area contributed by atoms with E-state index in [0.29, 0.717) is 16.5 Å². The maximum Gasteiger partial charge on any atom is 0.255 e. The Kier molecular flexibility index (Phi) is 12.1. The van der Waals surface area contributed by atoms with Gasteiger partial charge in [0.25, 0.3) is 11.8 Å². The molecule has 0 spiro atoms. The molecule has 4 aromatic heterocycles. The Balaban J connectivity index is 0.000000221. The fourth-order valence-electron chi connectivity index (χ4n) is 5.73. The lowest BCUT2D eigenvalue weighted by molar-refractivity contribution is 0.0956. The fourth-order valence-corrected chi connectivity index (χ4v) is 6.64. The smallest absolute Gasteiger partial charge is 0.255 e. The van der Waals surface area contributed by atoms with Gasteiger partial charge in [0.2, 0.25) is 31.5 Å². The van der Waals surface area contributed by atoms with Gasteiger partial charge in [0.1, 0.15) is 23.2 Å². The first kappa shape index (κ1) is 42.9. The molecule has 2 amide bonds. The van der Waals surface area contributed by atoms with Crippen LogP contribution in [0.3, 0.4) is 0 Å². The second-order valence-corrected chi connectivity index (χ2v) is 17.0. The number of aliphatic hydroxyl groups excluding tert-OH is 1. The minimum Gasteiger partial charge on any atom is -0.437 e. The zero-order valence-electron chi connectivity index (χ0n) is 32.3. The lowest BCUT2D eigenvalue weighted by Crippen LogP contribution is -2.27. The van der Waals surface area contributed by atoms with Gasteiger partial charge in [-0.1, -0.05) is 0 Å². The van der Waals surface area contributed by atoms with E-state index in [0.717, 1.165) is 21.1 Å². The molecular formula is C38H38F2N6O10S2. The van der Waals surface area contributed by atoms with Crippen molar-refractivity contribution in [2.45, 2.75) is 20.0 Å². The van der Waals surface area contributed by atoms with Gasteiger partial charge in [-0.3, -0.25) is 23.0 Å². The summed E-state index contributed by atoms with van der Waals surface area (Å²) in [6.45, 7) is 2.73.